The molecule has 1 aromatic heterocycles. The van der Waals surface area contributed by atoms with E-state index in [2.05, 4.69) is 26.2 Å². The van der Waals surface area contributed by atoms with Gasteiger partial charge in [-0.05, 0) is 24.2 Å². The van der Waals surface area contributed by atoms with Crippen molar-refractivity contribution in [1.29, 1.82) is 0 Å². The van der Waals surface area contributed by atoms with Gasteiger partial charge in [0.25, 0.3) is 0 Å². The topological polar surface area (TPSA) is 56.7 Å². The Kier molecular flexibility index (Phi) is 4.15. The van der Waals surface area contributed by atoms with E-state index in [4.69, 9.17) is 17.3 Å². The van der Waals surface area contributed by atoms with Crippen LogP contribution in [0.2, 0.25) is 5.02 Å². The molecule has 0 fully saturated rings. The highest BCUT2D eigenvalue weighted by Crippen LogP contribution is 2.21. The van der Waals surface area contributed by atoms with Crippen molar-refractivity contribution in [3.8, 4) is 0 Å². The lowest BCUT2D eigenvalue weighted by Crippen LogP contribution is -2.03. The second-order valence-electron chi connectivity index (χ2n) is 3.68. The summed E-state index contributed by atoms with van der Waals surface area (Å²) in [5.41, 5.74) is 7.38. The summed E-state index contributed by atoms with van der Waals surface area (Å²) < 4.78 is 2.73. The SMILES string of the molecule is NCCc1cn(Cc2ccc(Br)cc2Cl)nn1. The predicted molar refractivity (Wildman–Crippen MR) is 71.0 cm³/mol. The number of nitrogens with zero attached hydrogens (tertiary/aromatic N) is 3. The number of benzene rings is 1. The van der Waals surface area contributed by atoms with E-state index in [1.54, 1.807) is 4.68 Å². The molecule has 4 nitrogen and oxygen atoms in total. The molecule has 0 saturated heterocycles. The first-order valence-corrected chi connectivity index (χ1v) is 6.39. The largest absolute Gasteiger partial charge is 0.330 e. The van der Waals surface area contributed by atoms with Gasteiger partial charge in [-0.2, -0.15) is 0 Å². The van der Waals surface area contributed by atoms with E-state index in [9.17, 15) is 0 Å². The number of hydrogen-bond donors (Lipinski definition) is 1. The van der Waals surface area contributed by atoms with Gasteiger partial charge in [0.2, 0.25) is 0 Å². The molecule has 0 saturated carbocycles. The zero-order valence-electron chi connectivity index (χ0n) is 9.11. The maximum atomic E-state index is 6.14. The molecule has 0 spiro atoms. The Balaban J connectivity index is 2.13. The van der Waals surface area contributed by atoms with Crippen molar-refractivity contribution in [2.75, 3.05) is 6.54 Å². The van der Waals surface area contributed by atoms with E-state index in [1.807, 2.05) is 24.4 Å². The molecule has 6 heteroatoms. The van der Waals surface area contributed by atoms with Crippen molar-refractivity contribution >= 4 is 27.5 Å². The van der Waals surface area contributed by atoms with Crippen LogP contribution in [0.5, 0.6) is 0 Å². The number of halogens is 2. The van der Waals surface area contributed by atoms with Gasteiger partial charge in [0.1, 0.15) is 0 Å². The molecule has 0 atom stereocenters. The van der Waals surface area contributed by atoms with Crippen LogP contribution < -0.4 is 5.73 Å². The predicted octanol–water partition coefficient (Wildman–Crippen LogP) is 2.24. The Morgan fingerprint density at radius 2 is 2.24 bits per heavy atom. The van der Waals surface area contributed by atoms with Gasteiger partial charge in [-0.25, -0.2) is 4.68 Å². The molecule has 2 aromatic rings. The van der Waals surface area contributed by atoms with Crippen molar-refractivity contribution in [1.82, 2.24) is 15.0 Å². The standard InChI is InChI=1S/C11H12BrClN4/c12-9-2-1-8(11(13)5-9)6-17-7-10(3-4-14)15-16-17/h1-2,5,7H,3-4,6,14H2. The van der Waals surface area contributed by atoms with Crippen LogP contribution in [0.25, 0.3) is 0 Å². The Bertz CT molecular complexity index is 512. The molecule has 0 radical (unpaired) electrons. The molecule has 2 rings (SSSR count). The Hall–Kier alpha value is -0.910. The van der Waals surface area contributed by atoms with Gasteiger partial charge >= 0.3 is 0 Å². The summed E-state index contributed by atoms with van der Waals surface area (Å²) in [4.78, 5) is 0. The average Bonchev–Trinajstić information content (AvgIpc) is 2.71. The lowest BCUT2D eigenvalue weighted by atomic mass is 10.2. The first-order chi connectivity index (χ1) is 8.19. The third-order valence-electron chi connectivity index (χ3n) is 2.33. The number of aromatic nitrogens is 3. The highest BCUT2D eigenvalue weighted by Gasteiger charge is 2.04. The van der Waals surface area contributed by atoms with Crippen molar-refractivity contribution < 1.29 is 0 Å². The van der Waals surface area contributed by atoms with Gasteiger partial charge < -0.3 is 5.73 Å². The summed E-state index contributed by atoms with van der Waals surface area (Å²) in [5, 5.41) is 8.78. The van der Waals surface area contributed by atoms with Crippen molar-refractivity contribution in [2.45, 2.75) is 13.0 Å². The van der Waals surface area contributed by atoms with Crippen LogP contribution in [0.4, 0.5) is 0 Å². The summed E-state index contributed by atoms with van der Waals surface area (Å²) >= 11 is 9.51. The van der Waals surface area contributed by atoms with Crippen LogP contribution in [-0.2, 0) is 13.0 Å². The first kappa shape index (κ1) is 12.5. The minimum atomic E-state index is 0.581. The van der Waals surface area contributed by atoms with E-state index in [-0.39, 0.29) is 0 Å². The van der Waals surface area contributed by atoms with Crippen LogP contribution >= 0.6 is 27.5 Å². The maximum Gasteiger partial charge on any atom is 0.0839 e. The maximum absolute atomic E-state index is 6.14. The molecule has 0 aliphatic rings. The number of nitrogens with two attached hydrogens (primary N) is 1. The smallest absolute Gasteiger partial charge is 0.0839 e. The van der Waals surface area contributed by atoms with Crippen LogP contribution in [0.3, 0.4) is 0 Å². The minimum absolute atomic E-state index is 0.581. The average molecular weight is 316 g/mol. The van der Waals surface area contributed by atoms with Crippen LogP contribution in [0.1, 0.15) is 11.3 Å². The molecule has 0 bridgehead atoms. The van der Waals surface area contributed by atoms with E-state index in [0.717, 1.165) is 27.2 Å². The van der Waals surface area contributed by atoms with E-state index in [1.165, 1.54) is 0 Å². The van der Waals surface area contributed by atoms with Gasteiger partial charge in [0.15, 0.2) is 0 Å². The molecule has 2 N–H and O–H groups in total. The second-order valence-corrected chi connectivity index (χ2v) is 5.00. The fourth-order valence-corrected chi connectivity index (χ4v) is 2.24. The number of rotatable bonds is 4. The summed E-state index contributed by atoms with van der Waals surface area (Å²) in [5.74, 6) is 0. The van der Waals surface area contributed by atoms with Gasteiger partial charge in [-0.15, -0.1) is 5.10 Å². The highest BCUT2D eigenvalue weighted by atomic mass is 79.9. The molecule has 90 valence electrons. The normalized spacial score (nSPS) is 10.8. The second kappa shape index (κ2) is 5.62. The highest BCUT2D eigenvalue weighted by molar-refractivity contribution is 9.10. The molecular weight excluding hydrogens is 304 g/mol. The lowest BCUT2D eigenvalue weighted by molar-refractivity contribution is 0.649. The summed E-state index contributed by atoms with van der Waals surface area (Å²) in [7, 11) is 0. The van der Waals surface area contributed by atoms with E-state index in [0.29, 0.717) is 13.1 Å². The zero-order chi connectivity index (χ0) is 12.3. The third-order valence-corrected chi connectivity index (χ3v) is 3.18. The molecule has 0 amide bonds. The Morgan fingerprint density at radius 3 is 2.94 bits per heavy atom. The van der Waals surface area contributed by atoms with Gasteiger partial charge in [-0.1, -0.05) is 38.8 Å². The molecule has 1 heterocycles. The zero-order valence-corrected chi connectivity index (χ0v) is 11.4. The summed E-state index contributed by atoms with van der Waals surface area (Å²) in [6.07, 6.45) is 2.64. The van der Waals surface area contributed by atoms with E-state index < -0.39 is 0 Å². The minimum Gasteiger partial charge on any atom is -0.330 e. The summed E-state index contributed by atoms with van der Waals surface area (Å²) in [6, 6.07) is 5.80. The van der Waals surface area contributed by atoms with Crippen LogP contribution in [0, 0.1) is 0 Å². The monoisotopic (exact) mass is 314 g/mol. The van der Waals surface area contributed by atoms with Crippen LogP contribution in [0.15, 0.2) is 28.9 Å². The molecule has 0 unspecified atom stereocenters. The molecule has 1 aromatic carbocycles. The summed E-state index contributed by atoms with van der Waals surface area (Å²) in [6.45, 7) is 1.20. The lowest BCUT2D eigenvalue weighted by Gasteiger charge is -2.04. The van der Waals surface area contributed by atoms with E-state index >= 15 is 0 Å². The van der Waals surface area contributed by atoms with Gasteiger partial charge in [0.05, 0.1) is 12.2 Å². The molecule has 0 aliphatic carbocycles. The van der Waals surface area contributed by atoms with Gasteiger partial charge in [-0.3, -0.25) is 0 Å². The fraction of sp³-hybridized carbons (Fsp3) is 0.273. The van der Waals surface area contributed by atoms with Gasteiger partial charge in [0, 0.05) is 22.1 Å². The molecule has 17 heavy (non-hydrogen) atoms. The Labute approximate surface area is 113 Å². The first-order valence-electron chi connectivity index (χ1n) is 5.22. The number of hydrogen-bond acceptors (Lipinski definition) is 3. The molecule has 0 aliphatic heterocycles. The van der Waals surface area contributed by atoms with Crippen molar-refractivity contribution in [3.05, 3.63) is 45.1 Å². The van der Waals surface area contributed by atoms with Crippen molar-refractivity contribution in [3.63, 3.8) is 0 Å². The third kappa shape index (κ3) is 3.28. The quantitative estimate of drug-likeness (QED) is 0.941. The van der Waals surface area contributed by atoms with Crippen molar-refractivity contribution in [2.24, 2.45) is 5.73 Å². The van der Waals surface area contributed by atoms with Crippen LogP contribution in [-0.4, -0.2) is 21.5 Å². The Morgan fingerprint density at radius 1 is 1.41 bits per heavy atom. The molecular formula is C11H12BrClN4. The fourth-order valence-electron chi connectivity index (χ4n) is 1.50.